The van der Waals surface area contributed by atoms with Gasteiger partial charge in [0.25, 0.3) is 0 Å². The number of aliphatic hydroxyl groups excluding tert-OH is 1. The first-order valence-electron chi connectivity index (χ1n) is 2.64. The van der Waals surface area contributed by atoms with Crippen molar-refractivity contribution in [2.24, 2.45) is 0 Å². The van der Waals surface area contributed by atoms with Crippen LogP contribution in [0.1, 0.15) is 13.3 Å². The lowest BCUT2D eigenvalue weighted by Crippen LogP contribution is -2.15. The molecule has 0 bridgehead atoms. The van der Waals surface area contributed by atoms with Gasteiger partial charge in [-0.1, -0.05) is 5.57 Å². The van der Waals surface area contributed by atoms with Gasteiger partial charge in [-0.2, -0.15) is 0 Å². The van der Waals surface area contributed by atoms with Crippen LogP contribution in [-0.4, -0.2) is 16.0 Å². The highest BCUT2D eigenvalue weighted by Crippen LogP contribution is 2.13. The number of rotatable bonds is 3. The van der Waals surface area contributed by atoms with Crippen LogP contribution in [0.2, 0.25) is 0 Å². The van der Waals surface area contributed by atoms with Crippen LogP contribution in [0.4, 0.5) is 0 Å². The van der Waals surface area contributed by atoms with Crippen LogP contribution in [-0.2, 0) is 0 Å². The molecule has 1 unspecified atom stereocenters. The molecule has 0 aromatic heterocycles. The molecule has 0 aromatic rings. The van der Waals surface area contributed by atoms with Gasteiger partial charge in [-0.05, 0) is 13.3 Å². The second-order valence-electron chi connectivity index (χ2n) is 2.06. The van der Waals surface area contributed by atoms with Gasteiger partial charge in [0.2, 0.25) is 0 Å². The summed E-state index contributed by atoms with van der Waals surface area (Å²) in [5.41, 5.74) is 0.883. The maximum absolute atomic E-state index is 8.97. The molecule has 0 radical (unpaired) electrons. The van der Waals surface area contributed by atoms with Gasteiger partial charge in [-0.3, -0.25) is 0 Å². The predicted molar refractivity (Wildman–Crippen MR) is 40.9 cm³/mol. The molecule has 0 rings (SSSR count). The van der Waals surface area contributed by atoms with E-state index in [1.807, 2.05) is 6.92 Å². The van der Waals surface area contributed by atoms with Crippen molar-refractivity contribution in [3.8, 4) is 0 Å². The van der Waals surface area contributed by atoms with Gasteiger partial charge in [0.05, 0.1) is 6.10 Å². The fraction of sp³-hybridized carbons (Fsp3) is 0.667. The van der Waals surface area contributed by atoms with Crippen molar-refractivity contribution in [1.29, 1.82) is 0 Å². The highest BCUT2D eigenvalue weighted by Gasteiger charge is 2.11. The van der Waals surface area contributed by atoms with E-state index in [-0.39, 0.29) is 0 Å². The summed E-state index contributed by atoms with van der Waals surface area (Å²) in [5.74, 6) is 0. The molecule has 1 N–H and O–H groups in total. The van der Waals surface area contributed by atoms with Crippen LogP contribution < -0.4 is 0 Å². The SMILES string of the molecule is C=C(C)CC(O)C(Cl)Cl. The first-order valence-corrected chi connectivity index (χ1v) is 3.52. The molecule has 1 nitrogen and oxygen atoms in total. The summed E-state index contributed by atoms with van der Waals surface area (Å²) in [6.07, 6.45) is -0.205. The number of hydrogen-bond donors (Lipinski definition) is 1. The second-order valence-corrected chi connectivity index (χ2v) is 3.23. The van der Waals surface area contributed by atoms with Gasteiger partial charge in [0, 0.05) is 0 Å². The zero-order valence-electron chi connectivity index (χ0n) is 5.27. The van der Waals surface area contributed by atoms with Gasteiger partial charge in [0.15, 0.2) is 0 Å². The van der Waals surface area contributed by atoms with E-state index >= 15 is 0 Å². The van der Waals surface area contributed by atoms with Crippen molar-refractivity contribution in [3.63, 3.8) is 0 Å². The number of hydrogen-bond acceptors (Lipinski definition) is 1. The fourth-order valence-corrected chi connectivity index (χ4v) is 0.624. The zero-order valence-corrected chi connectivity index (χ0v) is 6.78. The molecule has 0 spiro atoms. The van der Waals surface area contributed by atoms with Crippen molar-refractivity contribution >= 4 is 23.2 Å². The van der Waals surface area contributed by atoms with Crippen LogP contribution in [0.5, 0.6) is 0 Å². The van der Waals surface area contributed by atoms with E-state index in [1.165, 1.54) is 0 Å². The first kappa shape index (κ1) is 9.28. The van der Waals surface area contributed by atoms with Crippen molar-refractivity contribution in [2.75, 3.05) is 0 Å². The Bertz CT molecular complexity index is 101. The van der Waals surface area contributed by atoms with Gasteiger partial charge >= 0.3 is 0 Å². The van der Waals surface area contributed by atoms with Crippen LogP contribution in [0.25, 0.3) is 0 Å². The molecule has 0 fully saturated rings. The van der Waals surface area contributed by atoms with Crippen molar-refractivity contribution < 1.29 is 5.11 Å². The third kappa shape index (κ3) is 4.76. The number of aliphatic hydroxyl groups is 1. The largest absolute Gasteiger partial charge is 0.390 e. The van der Waals surface area contributed by atoms with Gasteiger partial charge in [0.1, 0.15) is 4.84 Å². The highest BCUT2D eigenvalue weighted by molar-refractivity contribution is 6.44. The molecule has 0 aromatic carbocycles. The summed E-state index contributed by atoms with van der Waals surface area (Å²) in [6, 6.07) is 0. The molecule has 3 heteroatoms. The zero-order chi connectivity index (χ0) is 7.44. The molecule has 0 saturated heterocycles. The maximum Gasteiger partial charge on any atom is 0.133 e. The lowest BCUT2D eigenvalue weighted by atomic mass is 10.2. The predicted octanol–water partition coefficient (Wildman–Crippen LogP) is 2.12. The summed E-state index contributed by atoms with van der Waals surface area (Å²) in [4.78, 5) is -0.707. The Balaban J connectivity index is 3.50. The molecular weight excluding hydrogens is 159 g/mol. The molecule has 0 saturated carbocycles. The third-order valence-electron chi connectivity index (χ3n) is 0.848. The van der Waals surface area contributed by atoms with E-state index in [4.69, 9.17) is 28.3 Å². The minimum Gasteiger partial charge on any atom is -0.390 e. The Morgan fingerprint density at radius 2 is 2.11 bits per heavy atom. The van der Waals surface area contributed by atoms with E-state index in [0.29, 0.717) is 6.42 Å². The Hall–Kier alpha value is 0.280. The Kier molecular flexibility index (Phi) is 4.28. The van der Waals surface area contributed by atoms with E-state index in [2.05, 4.69) is 6.58 Å². The molecule has 0 heterocycles. The van der Waals surface area contributed by atoms with Crippen LogP contribution in [0.3, 0.4) is 0 Å². The molecule has 0 aliphatic carbocycles. The molecule has 0 aliphatic rings. The molecule has 9 heavy (non-hydrogen) atoms. The summed E-state index contributed by atoms with van der Waals surface area (Å²) in [7, 11) is 0. The van der Waals surface area contributed by atoms with Crippen molar-refractivity contribution in [3.05, 3.63) is 12.2 Å². The summed E-state index contributed by atoms with van der Waals surface area (Å²) in [5, 5.41) is 8.97. The van der Waals surface area contributed by atoms with E-state index in [9.17, 15) is 0 Å². The maximum atomic E-state index is 8.97. The molecule has 1 atom stereocenters. The normalized spacial score (nSPS) is 13.9. The van der Waals surface area contributed by atoms with Gasteiger partial charge in [-0.15, -0.1) is 29.8 Å². The summed E-state index contributed by atoms with van der Waals surface area (Å²) >= 11 is 10.7. The lowest BCUT2D eigenvalue weighted by Gasteiger charge is -2.09. The van der Waals surface area contributed by atoms with E-state index < -0.39 is 10.9 Å². The quantitative estimate of drug-likeness (QED) is 0.506. The third-order valence-corrected chi connectivity index (χ3v) is 1.43. The average molecular weight is 169 g/mol. The van der Waals surface area contributed by atoms with Crippen molar-refractivity contribution in [2.45, 2.75) is 24.3 Å². The van der Waals surface area contributed by atoms with Gasteiger partial charge in [-0.25, -0.2) is 0 Å². The highest BCUT2D eigenvalue weighted by atomic mass is 35.5. The first-order chi connectivity index (χ1) is 4.04. The monoisotopic (exact) mass is 168 g/mol. The molecule has 0 amide bonds. The topological polar surface area (TPSA) is 20.2 Å². The second kappa shape index (κ2) is 4.15. The standard InChI is InChI=1S/C6H10Cl2O/c1-4(2)3-5(9)6(7)8/h5-6,9H,1,3H2,2H3. The summed E-state index contributed by atoms with van der Waals surface area (Å²) < 4.78 is 0. The molecular formula is C6H10Cl2O. The lowest BCUT2D eigenvalue weighted by molar-refractivity contribution is 0.189. The van der Waals surface area contributed by atoms with Crippen molar-refractivity contribution in [1.82, 2.24) is 0 Å². The summed E-state index contributed by atoms with van der Waals surface area (Å²) in [6.45, 7) is 5.42. The minimum absolute atomic E-state index is 0.470. The van der Waals surface area contributed by atoms with E-state index in [0.717, 1.165) is 5.57 Å². The number of halogens is 2. The Morgan fingerprint density at radius 1 is 1.67 bits per heavy atom. The Labute approximate surface area is 65.3 Å². The minimum atomic E-state index is -0.707. The van der Waals surface area contributed by atoms with Crippen LogP contribution in [0.15, 0.2) is 12.2 Å². The average Bonchev–Trinajstić information content (AvgIpc) is 1.63. The molecule has 0 aliphatic heterocycles. The Morgan fingerprint density at radius 3 is 2.22 bits per heavy atom. The molecule has 54 valence electrons. The van der Waals surface area contributed by atoms with Gasteiger partial charge < -0.3 is 5.11 Å². The van der Waals surface area contributed by atoms with Crippen LogP contribution >= 0.6 is 23.2 Å². The van der Waals surface area contributed by atoms with Crippen LogP contribution in [0, 0.1) is 0 Å². The number of alkyl halides is 2. The van der Waals surface area contributed by atoms with E-state index in [1.54, 1.807) is 0 Å². The fourth-order valence-electron chi connectivity index (χ4n) is 0.446. The smallest absolute Gasteiger partial charge is 0.133 e.